The maximum atomic E-state index is 13.4. The van der Waals surface area contributed by atoms with Gasteiger partial charge in [-0.1, -0.05) is 23.0 Å². The van der Waals surface area contributed by atoms with Crippen LogP contribution in [0.3, 0.4) is 0 Å². The normalized spacial score (nSPS) is 11.0. The SMILES string of the molecule is Fc1cccc(-n2nnnc2SCCCc2nc(-c3ccncc3)no2)c1. The van der Waals surface area contributed by atoms with Crippen LogP contribution in [0.5, 0.6) is 0 Å². The summed E-state index contributed by atoms with van der Waals surface area (Å²) in [6.45, 7) is 0. The molecular formula is C17H14FN7OS. The molecule has 0 spiro atoms. The van der Waals surface area contributed by atoms with Crippen molar-refractivity contribution in [2.45, 2.75) is 18.0 Å². The molecule has 4 rings (SSSR count). The van der Waals surface area contributed by atoms with Crippen molar-refractivity contribution in [3.63, 3.8) is 0 Å². The van der Waals surface area contributed by atoms with Crippen LogP contribution >= 0.6 is 11.8 Å². The lowest BCUT2D eigenvalue weighted by molar-refractivity contribution is 0.378. The monoisotopic (exact) mass is 383 g/mol. The summed E-state index contributed by atoms with van der Waals surface area (Å²) >= 11 is 1.48. The highest BCUT2D eigenvalue weighted by molar-refractivity contribution is 7.99. The van der Waals surface area contributed by atoms with Gasteiger partial charge in [0.1, 0.15) is 5.82 Å². The molecule has 0 atom stereocenters. The van der Waals surface area contributed by atoms with Crippen LogP contribution < -0.4 is 0 Å². The Morgan fingerprint density at radius 3 is 2.89 bits per heavy atom. The molecule has 3 heterocycles. The fraction of sp³-hybridized carbons (Fsp3) is 0.176. The van der Waals surface area contributed by atoms with E-state index in [0.717, 1.165) is 17.7 Å². The molecule has 0 radical (unpaired) electrons. The van der Waals surface area contributed by atoms with Crippen molar-refractivity contribution in [2.24, 2.45) is 0 Å². The van der Waals surface area contributed by atoms with Gasteiger partial charge >= 0.3 is 0 Å². The molecule has 0 amide bonds. The summed E-state index contributed by atoms with van der Waals surface area (Å²) in [5.74, 6) is 1.55. The first-order chi connectivity index (χ1) is 13.3. The fourth-order valence-corrected chi connectivity index (χ4v) is 3.23. The van der Waals surface area contributed by atoms with E-state index in [1.54, 1.807) is 24.5 Å². The second-order valence-corrected chi connectivity index (χ2v) is 6.61. The van der Waals surface area contributed by atoms with Crippen molar-refractivity contribution < 1.29 is 8.91 Å². The number of halogens is 1. The lowest BCUT2D eigenvalue weighted by Crippen LogP contribution is -2.00. The van der Waals surface area contributed by atoms with Gasteiger partial charge in [0.25, 0.3) is 0 Å². The van der Waals surface area contributed by atoms with Crippen LogP contribution in [0.1, 0.15) is 12.3 Å². The van der Waals surface area contributed by atoms with Gasteiger partial charge in [0.2, 0.25) is 16.9 Å². The molecule has 1 aromatic carbocycles. The van der Waals surface area contributed by atoms with Crippen LogP contribution in [-0.2, 0) is 6.42 Å². The number of nitrogens with zero attached hydrogens (tertiary/aromatic N) is 7. The summed E-state index contributed by atoms with van der Waals surface area (Å²) in [4.78, 5) is 8.36. The van der Waals surface area contributed by atoms with Gasteiger partial charge in [-0.3, -0.25) is 4.98 Å². The highest BCUT2D eigenvalue weighted by atomic mass is 32.2. The van der Waals surface area contributed by atoms with E-state index in [1.165, 1.54) is 28.6 Å². The molecule has 0 fully saturated rings. The first-order valence-corrected chi connectivity index (χ1v) is 9.18. The molecule has 0 aliphatic heterocycles. The molecule has 0 N–H and O–H groups in total. The first kappa shape index (κ1) is 17.3. The molecule has 0 saturated carbocycles. The molecule has 8 nitrogen and oxygen atoms in total. The summed E-state index contributed by atoms with van der Waals surface area (Å²) in [5.41, 5.74) is 1.45. The van der Waals surface area contributed by atoms with Crippen LogP contribution in [0.4, 0.5) is 4.39 Å². The van der Waals surface area contributed by atoms with Gasteiger partial charge < -0.3 is 4.52 Å². The van der Waals surface area contributed by atoms with E-state index in [0.29, 0.717) is 29.0 Å². The molecule has 0 bridgehead atoms. The maximum absolute atomic E-state index is 13.4. The van der Waals surface area contributed by atoms with Crippen LogP contribution in [0.15, 0.2) is 58.5 Å². The number of thioether (sulfide) groups is 1. The van der Waals surface area contributed by atoms with Gasteiger partial charge in [-0.2, -0.15) is 9.67 Å². The number of benzene rings is 1. The minimum Gasteiger partial charge on any atom is -0.339 e. The predicted octanol–water partition coefficient (Wildman–Crippen LogP) is 2.97. The van der Waals surface area contributed by atoms with E-state index in [1.807, 2.05) is 12.1 Å². The van der Waals surface area contributed by atoms with Crippen molar-refractivity contribution in [1.29, 1.82) is 0 Å². The maximum Gasteiger partial charge on any atom is 0.226 e. The van der Waals surface area contributed by atoms with Crippen molar-refractivity contribution >= 4 is 11.8 Å². The Hall–Kier alpha value is -3.14. The van der Waals surface area contributed by atoms with Gasteiger partial charge in [-0.25, -0.2) is 4.39 Å². The van der Waals surface area contributed by atoms with Gasteiger partial charge in [-0.15, -0.1) is 5.10 Å². The number of rotatable bonds is 7. The highest BCUT2D eigenvalue weighted by Crippen LogP contribution is 2.20. The zero-order chi connectivity index (χ0) is 18.5. The molecule has 136 valence electrons. The Kier molecular flexibility index (Phi) is 5.15. The highest BCUT2D eigenvalue weighted by Gasteiger charge is 2.11. The van der Waals surface area contributed by atoms with Gasteiger partial charge in [0.05, 0.1) is 5.69 Å². The van der Waals surface area contributed by atoms with Crippen molar-refractivity contribution in [2.75, 3.05) is 5.75 Å². The lowest BCUT2D eigenvalue weighted by Gasteiger charge is -2.03. The summed E-state index contributed by atoms with van der Waals surface area (Å²) in [6, 6.07) is 9.80. The molecule has 3 aromatic heterocycles. The third kappa shape index (κ3) is 4.17. The van der Waals surface area contributed by atoms with Crippen molar-refractivity contribution in [3.8, 4) is 17.1 Å². The molecule has 10 heteroatoms. The number of hydrogen-bond acceptors (Lipinski definition) is 8. The Balaban J connectivity index is 1.33. The topological polar surface area (TPSA) is 95.4 Å². The van der Waals surface area contributed by atoms with E-state index < -0.39 is 0 Å². The Morgan fingerprint density at radius 1 is 1.15 bits per heavy atom. The second-order valence-electron chi connectivity index (χ2n) is 5.55. The van der Waals surface area contributed by atoms with E-state index in [-0.39, 0.29) is 5.82 Å². The Morgan fingerprint density at radius 2 is 2.04 bits per heavy atom. The van der Waals surface area contributed by atoms with Crippen LogP contribution in [-0.4, -0.2) is 41.1 Å². The second kappa shape index (κ2) is 8.04. The minimum absolute atomic E-state index is 0.333. The summed E-state index contributed by atoms with van der Waals surface area (Å²) in [6.07, 6.45) is 4.82. The van der Waals surface area contributed by atoms with Gasteiger partial charge in [-0.05, 0) is 47.2 Å². The molecule has 0 saturated heterocycles. The minimum atomic E-state index is -0.333. The van der Waals surface area contributed by atoms with Crippen LogP contribution in [0, 0.1) is 5.82 Å². The number of hydrogen-bond donors (Lipinski definition) is 0. The summed E-state index contributed by atoms with van der Waals surface area (Å²) in [5, 5.41) is 16.2. The Labute approximate surface area is 157 Å². The van der Waals surface area contributed by atoms with Gasteiger partial charge in [0.15, 0.2) is 0 Å². The zero-order valence-electron chi connectivity index (χ0n) is 14.1. The van der Waals surface area contributed by atoms with E-state index in [9.17, 15) is 4.39 Å². The van der Waals surface area contributed by atoms with Crippen molar-refractivity contribution in [3.05, 3.63) is 60.5 Å². The third-order valence-electron chi connectivity index (χ3n) is 3.67. The van der Waals surface area contributed by atoms with E-state index in [4.69, 9.17) is 4.52 Å². The average Bonchev–Trinajstić information content (AvgIpc) is 3.36. The molecule has 4 aromatic rings. The van der Waals surface area contributed by atoms with Gasteiger partial charge in [0, 0.05) is 30.1 Å². The largest absolute Gasteiger partial charge is 0.339 e. The van der Waals surface area contributed by atoms with Crippen LogP contribution in [0.2, 0.25) is 0 Å². The number of pyridine rings is 1. The number of aryl methyl sites for hydroxylation is 1. The van der Waals surface area contributed by atoms with E-state index >= 15 is 0 Å². The third-order valence-corrected chi connectivity index (χ3v) is 4.67. The molecule has 27 heavy (non-hydrogen) atoms. The number of aromatic nitrogens is 7. The van der Waals surface area contributed by atoms with Crippen LogP contribution in [0.25, 0.3) is 17.1 Å². The Bertz CT molecular complexity index is 1020. The van der Waals surface area contributed by atoms with Crippen molar-refractivity contribution in [1.82, 2.24) is 35.3 Å². The summed E-state index contributed by atoms with van der Waals surface area (Å²) < 4.78 is 20.2. The smallest absolute Gasteiger partial charge is 0.226 e. The standard InChI is InChI=1S/C17H14FN7OS/c18-13-3-1-4-14(11-13)25-17(21-23-24-25)27-10-2-5-15-20-16(22-26-15)12-6-8-19-9-7-12/h1,3-4,6-9,11H,2,5,10H2. The number of tetrazole rings is 1. The van der Waals surface area contributed by atoms with E-state index in [2.05, 4.69) is 30.7 Å². The molecule has 0 unspecified atom stereocenters. The molecular weight excluding hydrogens is 369 g/mol. The molecule has 0 aliphatic carbocycles. The lowest BCUT2D eigenvalue weighted by atomic mass is 10.2. The average molecular weight is 383 g/mol. The zero-order valence-corrected chi connectivity index (χ0v) is 14.9. The molecule has 0 aliphatic rings. The first-order valence-electron chi connectivity index (χ1n) is 8.20. The predicted molar refractivity (Wildman–Crippen MR) is 95.7 cm³/mol. The fourth-order valence-electron chi connectivity index (χ4n) is 2.40. The quantitative estimate of drug-likeness (QED) is 0.355. The summed E-state index contributed by atoms with van der Waals surface area (Å²) in [7, 11) is 0.